The predicted molar refractivity (Wildman–Crippen MR) is 88.4 cm³/mol. The smallest absolute Gasteiger partial charge is 0.356 e. The predicted octanol–water partition coefficient (Wildman–Crippen LogP) is 1.02. The summed E-state index contributed by atoms with van der Waals surface area (Å²) in [6, 6.07) is 9.25. The minimum Gasteiger partial charge on any atom is -0.464 e. The van der Waals surface area contributed by atoms with Gasteiger partial charge in [-0.1, -0.05) is 12.1 Å². The third-order valence-corrected chi connectivity index (χ3v) is 2.90. The second-order valence-electron chi connectivity index (χ2n) is 4.56. The normalized spacial score (nSPS) is 9.38. The summed E-state index contributed by atoms with van der Waals surface area (Å²) >= 11 is 0. The molecule has 9 heteroatoms. The van der Waals surface area contributed by atoms with Crippen LogP contribution in [0.2, 0.25) is 0 Å². The Kier molecular flexibility index (Phi) is 8.38. The molecule has 0 amide bonds. The van der Waals surface area contributed by atoms with Gasteiger partial charge in [0.2, 0.25) is 0 Å². The fraction of sp³-hybridized carbons (Fsp3) is 0.235. The quantitative estimate of drug-likeness (QED) is 0.626. The van der Waals surface area contributed by atoms with Crippen molar-refractivity contribution in [3.63, 3.8) is 0 Å². The second kappa shape index (κ2) is 10.5. The molecule has 0 bridgehead atoms. The average molecular weight is 362 g/mol. The van der Waals surface area contributed by atoms with Crippen LogP contribution in [0.4, 0.5) is 0 Å². The molecular weight excluding hydrogens is 344 g/mol. The highest BCUT2D eigenvalue weighted by molar-refractivity contribution is 5.91. The van der Waals surface area contributed by atoms with E-state index < -0.39 is 17.9 Å². The summed E-state index contributed by atoms with van der Waals surface area (Å²) in [4.78, 5) is 40.6. The van der Waals surface area contributed by atoms with Gasteiger partial charge >= 0.3 is 17.9 Å². The highest BCUT2D eigenvalue weighted by atomic mass is 16.5. The van der Waals surface area contributed by atoms with Gasteiger partial charge in [0, 0.05) is 0 Å². The van der Waals surface area contributed by atoms with Gasteiger partial charge in [-0.2, -0.15) is 0 Å². The Balaban J connectivity index is 0.000000263. The van der Waals surface area contributed by atoms with E-state index in [1.807, 2.05) is 0 Å². The molecule has 0 saturated heterocycles. The number of esters is 3. The van der Waals surface area contributed by atoms with E-state index in [0.717, 1.165) is 0 Å². The zero-order valence-corrected chi connectivity index (χ0v) is 14.5. The van der Waals surface area contributed by atoms with Crippen molar-refractivity contribution < 1.29 is 33.7 Å². The molecular formula is C17H18N2O7. The standard InChI is InChI=1S/C9H9NO4.C8H9NO3/c1-13-8(11)6-4-3-5-7(10-6)9(12)14-2;1-12-8(11)7-4-2-3-6(5-10)9-7/h3-5H,1-2H3;2-4,10H,5H2,1H3. The van der Waals surface area contributed by atoms with Crippen molar-refractivity contribution in [1.29, 1.82) is 0 Å². The molecule has 2 aromatic rings. The number of rotatable bonds is 4. The lowest BCUT2D eigenvalue weighted by Gasteiger charge is -2.00. The Hall–Kier alpha value is -3.33. The molecule has 0 aliphatic rings. The number of carbonyl (C=O) groups excluding carboxylic acids is 3. The van der Waals surface area contributed by atoms with Crippen LogP contribution >= 0.6 is 0 Å². The Morgan fingerprint density at radius 1 is 0.769 bits per heavy atom. The van der Waals surface area contributed by atoms with Gasteiger partial charge in [-0.05, 0) is 24.3 Å². The van der Waals surface area contributed by atoms with E-state index in [-0.39, 0.29) is 23.7 Å². The van der Waals surface area contributed by atoms with Crippen molar-refractivity contribution in [1.82, 2.24) is 9.97 Å². The largest absolute Gasteiger partial charge is 0.464 e. The number of aliphatic hydroxyl groups is 1. The SMILES string of the molecule is COC(=O)c1cccc(C(=O)OC)n1.COC(=O)c1cccc(CO)n1. The van der Waals surface area contributed by atoms with Gasteiger partial charge in [-0.15, -0.1) is 0 Å². The molecule has 0 radical (unpaired) electrons. The molecule has 138 valence electrons. The van der Waals surface area contributed by atoms with Crippen LogP contribution in [0.25, 0.3) is 0 Å². The number of methoxy groups -OCH3 is 3. The Bertz CT molecular complexity index is 746. The van der Waals surface area contributed by atoms with E-state index in [1.54, 1.807) is 12.1 Å². The number of pyridine rings is 2. The Morgan fingerprint density at radius 2 is 1.15 bits per heavy atom. The number of ether oxygens (including phenoxy) is 3. The van der Waals surface area contributed by atoms with Gasteiger partial charge in [0.25, 0.3) is 0 Å². The number of aromatic nitrogens is 2. The van der Waals surface area contributed by atoms with Crippen molar-refractivity contribution >= 4 is 17.9 Å². The molecule has 0 fully saturated rings. The van der Waals surface area contributed by atoms with Gasteiger partial charge in [0.1, 0.15) is 17.1 Å². The number of carbonyl (C=O) groups is 3. The lowest BCUT2D eigenvalue weighted by atomic mass is 10.3. The molecule has 0 aromatic carbocycles. The first-order valence-corrected chi connectivity index (χ1v) is 7.25. The van der Waals surface area contributed by atoms with E-state index in [2.05, 4.69) is 24.2 Å². The summed E-state index contributed by atoms with van der Waals surface area (Å²) in [6.07, 6.45) is 0. The van der Waals surface area contributed by atoms with Crippen molar-refractivity contribution in [3.05, 3.63) is 59.2 Å². The second-order valence-corrected chi connectivity index (χ2v) is 4.56. The maximum Gasteiger partial charge on any atom is 0.356 e. The first-order chi connectivity index (χ1) is 12.5. The van der Waals surface area contributed by atoms with E-state index in [1.165, 1.54) is 45.6 Å². The number of nitrogens with zero attached hydrogens (tertiary/aromatic N) is 2. The van der Waals surface area contributed by atoms with Crippen LogP contribution in [-0.4, -0.2) is 54.3 Å². The van der Waals surface area contributed by atoms with Gasteiger partial charge in [-0.25, -0.2) is 24.4 Å². The topological polar surface area (TPSA) is 125 Å². The van der Waals surface area contributed by atoms with Gasteiger partial charge in [0.15, 0.2) is 0 Å². The summed E-state index contributed by atoms with van der Waals surface area (Å²) in [7, 11) is 3.78. The molecule has 0 atom stereocenters. The van der Waals surface area contributed by atoms with Crippen molar-refractivity contribution in [2.24, 2.45) is 0 Å². The number of hydrogen-bond acceptors (Lipinski definition) is 9. The zero-order valence-electron chi connectivity index (χ0n) is 14.5. The van der Waals surface area contributed by atoms with E-state index in [9.17, 15) is 14.4 Å². The minimum atomic E-state index is -0.587. The third-order valence-electron chi connectivity index (χ3n) is 2.90. The first-order valence-electron chi connectivity index (χ1n) is 7.25. The molecule has 0 spiro atoms. The lowest BCUT2D eigenvalue weighted by Crippen LogP contribution is -2.10. The molecule has 2 aromatic heterocycles. The maximum atomic E-state index is 11.0. The number of aliphatic hydroxyl groups excluding tert-OH is 1. The summed E-state index contributed by atoms with van der Waals surface area (Å²) in [5.74, 6) is -1.67. The fourth-order valence-electron chi connectivity index (χ4n) is 1.66. The Morgan fingerprint density at radius 3 is 1.54 bits per heavy atom. The molecule has 0 aliphatic carbocycles. The van der Waals surface area contributed by atoms with E-state index >= 15 is 0 Å². The summed E-state index contributed by atoms with van der Waals surface area (Å²) in [5, 5.41) is 8.70. The molecule has 1 N–H and O–H groups in total. The molecule has 9 nitrogen and oxygen atoms in total. The highest BCUT2D eigenvalue weighted by Gasteiger charge is 2.12. The zero-order chi connectivity index (χ0) is 19.5. The van der Waals surface area contributed by atoms with Crippen LogP contribution in [0.1, 0.15) is 37.2 Å². The monoisotopic (exact) mass is 362 g/mol. The average Bonchev–Trinajstić information content (AvgIpc) is 2.72. The van der Waals surface area contributed by atoms with E-state index in [0.29, 0.717) is 5.69 Å². The minimum absolute atomic E-state index is 0.0791. The summed E-state index contributed by atoms with van der Waals surface area (Å²) in [5.41, 5.74) is 0.827. The molecule has 2 rings (SSSR count). The molecule has 26 heavy (non-hydrogen) atoms. The molecule has 0 saturated carbocycles. The van der Waals surface area contributed by atoms with Crippen LogP contribution in [0.3, 0.4) is 0 Å². The summed E-state index contributed by atoms with van der Waals surface area (Å²) < 4.78 is 13.4. The number of hydrogen-bond donors (Lipinski definition) is 1. The van der Waals surface area contributed by atoms with Gasteiger partial charge < -0.3 is 19.3 Å². The van der Waals surface area contributed by atoms with Crippen LogP contribution in [0.5, 0.6) is 0 Å². The van der Waals surface area contributed by atoms with Crippen molar-refractivity contribution in [2.75, 3.05) is 21.3 Å². The van der Waals surface area contributed by atoms with Crippen molar-refractivity contribution in [2.45, 2.75) is 6.61 Å². The fourth-order valence-corrected chi connectivity index (χ4v) is 1.66. The lowest BCUT2D eigenvalue weighted by molar-refractivity contribution is 0.0576. The molecule has 0 unspecified atom stereocenters. The van der Waals surface area contributed by atoms with Crippen LogP contribution in [0.15, 0.2) is 36.4 Å². The van der Waals surface area contributed by atoms with Crippen LogP contribution in [-0.2, 0) is 20.8 Å². The highest BCUT2D eigenvalue weighted by Crippen LogP contribution is 2.02. The van der Waals surface area contributed by atoms with Crippen molar-refractivity contribution in [3.8, 4) is 0 Å². The summed E-state index contributed by atoms with van der Waals surface area (Å²) in [6.45, 7) is -0.176. The third kappa shape index (κ3) is 5.95. The van der Waals surface area contributed by atoms with E-state index in [4.69, 9.17) is 5.11 Å². The molecule has 0 aliphatic heterocycles. The maximum absolute atomic E-state index is 11.0. The van der Waals surface area contributed by atoms with Crippen LogP contribution < -0.4 is 0 Å². The van der Waals surface area contributed by atoms with Gasteiger partial charge in [0.05, 0.1) is 33.6 Å². The van der Waals surface area contributed by atoms with Gasteiger partial charge in [-0.3, -0.25) is 0 Å². The Labute approximate surface area is 149 Å². The molecule has 2 heterocycles. The first kappa shape index (κ1) is 20.7. The van der Waals surface area contributed by atoms with Crippen LogP contribution in [0, 0.1) is 0 Å².